The van der Waals surface area contributed by atoms with Crippen LogP contribution in [0, 0.1) is 6.92 Å². The zero-order valence-electron chi connectivity index (χ0n) is 7.86. The van der Waals surface area contributed by atoms with E-state index in [2.05, 4.69) is 4.98 Å². The largest absolute Gasteiger partial charge is 0.490 e. The fraction of sp³-hybridized carbons (Fsp3) is 0.400. The van der Waals surface area contributed by atoms with Gasteiger partial charge in [0.15, 0.2) is 5.69 Å². The number of aromatic carboxylic acids is 1. The summed E-state index contributed by atoms with van der Waals surface area (Å²) in [6.45, 7) is 1.86. The molecule has 4 heteroatoms. The Morgan fingerprint density at radius 2 is 2.36 bits per heavy atom. The summed E-state index contributed by atoms with van der Waals surface area (Å²) in [7, 11) is 0. The van der Waals surface area contributed by atoms with Gasteiger partial charge < -0.3 is 9.84 Å². The average Bonchev–Trinajstić information content (AvgIpc) is 2.92. The van der Waals surface area contributed by atoms with Gasteiger partial charge in [-0.15, -0.1) is 0 Å². The number of aromatic nitrogens is 1. The first-order chi connectivity index (χ1) is 6.66. The summed E-state index contributed by atoms with van der Waals surface area (Å²) in [5.41, 5.74) is 0.910. The highest BCUT2D eigenvalue weighted by Crippen LogP contribution is 2.28. The van der Waals surface area contributed by atoms with Crippen molar-refractivity contribution >= 4 is 5.97 Å². The summed E-state index contributed by atoms with van der Waals surface area (Å²) < 4.78 is 5.54. The quantitative estimate of drug-likeness (QED) is 0.792. The molecule has 1 N–H and O–H groups in total. The van der Waals surface area contributed by atoms with Crippen molar-refractivity contribution in [3.05, 3.63) is 23.5 Å². The van der Waals surface area contributed by atoms with Crippen LogP contribution in [0.3, 0.4) is 0 Å². The van der Waals surface area contributed by atoms with Crippen molar-refractivity contribution in [2.75, 3.05) is 0 Å². The Kier molecular flexibility index (Phi) is 2.11. The zero-order valence-corrected chi connectivity index (χ0v) is 7.86. The third-order valence-corrected chi connectivity index (χ3v) is 2.09. The maximum absolute atomic E-state index is 10.6. The highest BCUT2D eigenvalue weighted by atomic mass is 16.5. The summed E-state index contributed by atoms with van der Waals surface area (Å²) >= 11 is 0. The molecule has 1 aromatic heterocycles. The molecule has 1 saturated carbocycles. The molecule has 0 bridgehead atoms. The normalized spacial score (nSPS) is 15.2. The van der Waals surface area contributed by atoms with Crippen molar-refractivity contribution in [2.24, 2.45) is 0 Å². The second-order valence-electron chi connectivity index (χ2n) is 3.46. The topological polar surface area (TPSA) is 59.4 Å². The summed E-state index contributed by atoms with van der Waals surface area (Å²) in [4.78, 5) is 14.4. The van der Waals surface area contributed by atoms with Crippen molar-refractivity contribution in [1.82, 2.24) is 4.98 Å². The highest BCUT2D eigenvalue weighted by molar-refractivity contribution is 5.85. The van der Waals surface area contributed by atoms with E-state index in [1.807, 2.05) is 6.92 Å². The molecule has 1 aliphatic carbocycles. The van der Waals surface area contributed by atoms with Gasteiger partial charge in [0.1, 0.15) is 5.75 Å². The number of carboxylic acid groups (broad SMARTS) is 1. The van der Waals surface area contributed by atoms with Gasteiger partial charge in [0.25, 0.3) is 0 Å². The van der Waals surface area contributed by atoms with Gasteiger partial charge in [-0.2, -0.15) is 0 Å². The number of aryl methyl sites for hydroxylation is 1. The minimum absolute atomic E-state index is 0.0336. The summed E-state index contributed by atoms with van der Waals surface area (Å²) in [5, 5.41) is 8.73. The molecule has 0 aromatic carbocycles. The predicted octanol–water partition coefficient (Wildman–Crippen LogP) is 1.63. The molecule has 74 valence electrons. The zero-order chi connectivity index (χ0) is 10.1. The Balaban J connectivity index is 2.26. The van der Waals surface area contributed by atoms with Crippen molar-refractivity contribution in [3.63, 3.8) is 0 Å². The van der Waals surface area contributed by atoms with Gasteiger partial charge >= 0.3 is 5.97 Å². The van der Waals surface area contributed by atoms with Crippen LogP contribution >= 0.6 is 0 Å². The van der Waals surface area contributed by atoms with Crippen LogP contribution in [0.25, 0.3) is 0 Å². The van der Waals surface area contributed by atoms with E-state index >= 15 is 0 Å². The average molecular weight is 193 g/mol. The molecule has 0 atom stereocenters. The first kappa shape index (κ1) is 8.99. The molecular weight excluding hydrogens is 182 g/mol. The van der Waals surface area contributed by atoms with Crippen LogP contribution in [0.4, 0.5) is 0 Å². The van der Waals surface area contributed by atoms with E-state index < -0.39 is 5.97 Å². The van der Waals surface area contributed by atoms with E-state index in [-0.39, 0.29) is 11.8 Å². The Labute approximate surface area is 81.5 Å². The van der Waals surface area contributed by atoms with Gasteiger partial charge in [-0.05, 0) is 19.8 Å². The van der Waals surface area contributed by atoms with E-state index in [0.29, 0.717) is 5.75 Å². The fourth-order valence-corrected chi connectivity index (χ4v) is 1.11. The Morgan fingerprint density at radius 1 is 1.64 bits per heavy atom. The molecule has 2 rings (SSSR count). The lowest BCUT2D eigenvalue weighted by molar-refractivity contribution is 0.0690. The van der Waals surface area contributed by atoms with Gasteiger partial charge in [0, 0.05) is 17.8 Å². The number of ether oxygens (including phenoxy) is 1. The van der Waals surface area contributed by atoms with Crippen LogP contribution in [0.1, 0.15) is 28.9 Å². The van der Waals surface area contributed by atoms with Crippen molar-refractivity contribution in [3.8, 4) is 5.75 Å². The lowest BCUT2D eigenvalue weighted by Crippen LogP contribution is -2.04. The van der Waals surface area contributed by atoms with Crippen LogP contribution < -0.4 is 4.74 Å². The van der Waals surface area contributed by atoms with Gasteiger partial charge in [0.05, 0.1) is 6.10 Å². The van der Waals surface area contributed by atoms with Crippen molar-refractivity contribution in [1.29, 1.82) is 0 Å². The molecule has 0 unspecified atom stereocenters. The van der Waals surface area contributed by atoms with Gasteiger partial charge in [-0.1, -0.05) is 0 Å². The Bertz CT molecular complexity index is 372. The van der Waals surface area contributed by atoms with Gasteiger partial charge in [0.2, 0.25) is 0 Å². The lowest BCUT2D eigenvalue weighted by atomic mass is 10.2. The summed E-state index contributed by atoms with van der Waals surface area (Å²) in [6, 6.07) is 1.48. The molecule has 0 aliphatic heterocycles. The third-order valence-electron chi connectivity index (χ3n) is 2.09. The van der Waals surface area contributed by atoms with Crippen LogP contribution in [-0.2, 0) is 0 Å². The predicted molar refractivity (Wildman–Crippen MR) is 49.6 cm³/mol. The minimum atomic E-state index is -1.02. The SMILES string of the molecule is Cc1cnc(C(=O)O)cc1OC1CC1. The van der Waals surface area contributed by atoms with E-state index in [1.54, 1.807) is 0 Å². The monoisotopic (exact) mass is 193 g/mol. The van der Waals surface area contributed by atoms with Crippen molar-refractivity contribution < 1.29 is 14.6 Å². The molecule has 1 fully saturated rings. The molecule has 1 aliphatic rings. The first-order valence-corrected chi connectivity index (χ1v) is 4.53. The standard InChI is InChI=1S/C10H11NO3/c1-6-5-11-8(10(12)13)4-9(6)14-7-2-3-7/h4-5,7H,2-3H2,1H3,(H,12,13). The molecule has 1 aromatic rings. The molecule has 1 heterocycles. The second kappa shape index (κ2) is 3.29. The Hall–Kier alpha value is -1.58. The number of nitrogens with zero attached hydrogens (tertiary/aromatic N) is 1. The van der Waals surface area contributed by atoms with Crippen LogP contribution in [0.15, 0.2) is 12.3 Å². The second-order valence-corrected chi connectivity index (χ2v) is 3.46. The molecule has 4 nitrogen and oxygen atoms in total. The molecule has 0 spiro atoms. The van der Waals surface area contributed by atoms with Crippen molar-refractivity contribution in [2.45, 2.75) is 25.9 Å². The molecule has 0 radical (unpaired) electrons. The first-order valence-electron chi connectivity index (χ1n) is 4.53. The number of pyridine rings is 1. The van der Waals surface area contributed by atoms with Crippen LogP contribution in [0.2, 0.25) is 0 Å². The fourth-order valence-electron chi connectivity index (χ4n) is 1.11. The van der Waals surface area contributed by atoms with Gasteiger partial charge in [-0.3, -0.25) is 0 Å². The smallest absolute Gasteiger partial charge is 0.354 e. The molecular formula is C10H11NO3. The molecule has 0 amide bonds. The number of hydrogen-bond donors (Lipinski definition) is 1. The number of carbonyl (C=O) groups is 1. The number of rotatable bonds is 3. The van der Waals surface area contributed by atoms with E-state index in [9.17, 15) is 4.79 Å². The maximum atomic E-state index is 10.6. The molecule has 14 heavy (non-hydrogen) atoms. The third kappa shape index (κ3) is 1.84. The van der Waals surface area contributed by atoms with Crippen LogP contribution in [-0.4, -0.2) is 22.2 Å². The molecule has 0 saturated heterocycles. The Morgan fingerprint density at radius 3 is 2.93 bits per heavy atom. The van der Waals surface area contributed by atoms with E-state index in [4.69, 9.17) is 9.84 Å². The lowest BCUT2D eigenvalue weighted by Gasteiger charge is -2.07. The summed E-state index contributed by atoms with van der Waals surface area (Å²) in [6.07, 6.45) is 3.92. The highest BCUT2D eigenvalue weighted by Gasteiger charge is 2.24. The van der Waals surface area contributed by atoms with Crippen LogP contribution in [0.5, 0.6) is 5.75 Å². The van der Waals surface area contributed by atoms with E-state index in [0.717, 1.165) is 18.4 Å². The summed E-state index contributed by atoms with van der Waals surface area (Å²) in [5.74, 6) is -0.384. The minimum Gasteiger partial charge on any atom is -0.490 e. The maximum Gasteiger partial charge on any atom is 0.354 e. The van der Waals surface area contributed by atoms with Gasteiger partial charge in [-0.25, -0.2) is 9.78 Å². The number of hydrogen-bond acceptors (Lipinski definition) is 3. The number of carboxylic acids is 1. The van der Waals surface area contributed by atoms with E-state index in [1.165, 1.54) is 12.3 Å².